The van der Waals surface area contributed by atoms with Gasteiger partial charge < -0.3 is 10.1 Å². The zero-order valence-corrected chi connectivity index (χ0v) is 11.8. The second kappa shape index (κ2) is 5.80. The highest BCUT2D eigenvalue weighted by molar-refractivity contribution is 5.57. The van der Waals surface area contributed by atoms with E-state index < -0.39 is 0 Å². The molecule has 0 saturated carbocycles. The van der Waals surface area contributed by atoms with E-state index >= 15 is 0 Å². The molecular formula is C15H19N3O. The van der Waals surface area contributed by atoms with Gasteiger partial charge in [-0.3, -0.25) is 0 Å². The van der Waals surface area contributed by atoms with E-state index in [2.05, 4.69) is 15.3 Å². The highest BCUT2D eigenvalue weighted by Gasteiger charge is 2.09. The lowest BCUT2D eigenvalue weighted by Crippen LogP contribution is -2.11. The van der Waals surface area contributed by atoms with Crippen LogP contribution < -0.4 is 10.1 Å². The molecule has 4 nitrogen and oxygen atoms in total. The smallest absolute Gasteiger partial charge is 0.159 e. The number of benzene rings is 1. The Balaban J connectivity index is 2.39. The first kappa shape index (κ1) is 13.5. The molecular weight excluding hydrogens is 238 g/mol. The van der Waals surface area contributed by atoms with Crippen LogP contribution in [0.15, 0.2) is 24.3 Å². The van der Waals surface area contributed by atoms with Crippen LogP contribution >= 0.6 is 0 Å². The molecule has 0 spiro atoms. The van der Waals surface area contributed by atoms with Gasteiger partial charge in [-0.2, -0.15) is 0 Å². The van der Waals surface area contributed by atoms with Gasteiger partial charge in [0.15, 0.2) is 5.82 Å². The SMILES string of the molecule is CNCc1c(C)nc(-c2ccc(OC)cc2)nc1C. The summed E-state index contributed by atoms with van der Waals surface area (Å²) < 4.78 is 5.15. The van der Waals surface area contributed by atoms with Gasteiger partial charge in [0.1, 0.15) is 5.75 Å². The van der Waals surface area contributed by atoms with Gasteiger partial charge in [0.2, 0.25) is 0 Å². The molecule has 0 amide bonds. The molecule has 0 fully saturated rings. The zero-order chi connectivity index (χ0) is 13.8. The molecule has 1 aromatic carbocycles. The minimum Gasteiger partial charge on any atom is -0.497 e. The van der Waals surface area contributed by atoms with Crippen molar-refractivity contribution in [3.63, 3.8) is 0 Å². The van der Waals surface area contributed by atoms with E-state index in [0.717, 1.165) is 35.1 Å². The predicted octanol–water partition coefficient (Wildman–Crippen LogP) is 2.49. The molecule has 0 aliphatic rings. The molecule has 4 heteroatoms. The summed E-state index contributed by atoms with van der Waals surface area (Å²) in [6.45, 7) is 4.84. The van der Waals surface area contributed by atoms with Gasteiger partial charge in [-0.1, -0.05) is 0 Å². The molecule has 1 aromatic heterocycles. The zero-order valence-electron chi connectivity index (χ0n) is 11.8. The minimum atomic E-state index is 0.762. The Morgan fingerprint density at radius 1 is 1.05 bits per heavy atom. The van der Waals surface area contributed by atoms with Gasteiger partial charge in [-0.25, -0.2) is 9.97 Å². The molecule has 0 aliphatic carbocycles. The molecule has 0 aliphatic heterocycles. The highest BCUT2D eigenvalue weighted by Crippen LogP contribution is 2.21. The van der Waals surface area contributed by atoms with Gasteiger partial charge in [0.05, 0.1) is 7.11 Å². The van der Waals surface area contributed by atoms with Crippen molar-refractivity contribution in [2.45, 2.75) is 20.4 Å². The van der Waals surface area contributed by atoms with Gasteiger partial charge in [0.25, 0.3) is 0 Å². The lowest BCUT2D eigenvalue weighted by Gasteiger charge is -2.10. The van der Waals surface area contributed by atoms with Crippen molar-refractivity contribution in [3.8, 4) is 17.1 Å². The standard InChI is InChI=1S/C15H19N3O/c1-10-14(9-16-3)11(2)18-15(17-10)12-5-7-13(19-4)8-6-12/h5-8,16H,9H2,1-4H3. The van der Waals surface area contributed by atoms with Gasteiger partial charge in [-0.05, 0) is 45.2 Å². The quantitative estimate of drug-likeness (QED) is 0.914. The highest BCUT2D eigenvalue weighted by atomic mass is 16.5. The third kappa shape index (κ3) is 2.90. The number of aryl methyl sites for hydroxylation is 2. The van der Waals surface area contributed by atoms with Crippen LogP contribution in [0.25, 0.3) is 11.4 Å². The predicted molar refractivity (Wildman–Crippen MR) is 76.3 cm³/mol. The molecule has 2 aromatic rings. The van der Waals surface area contributed by atoms with E-state index in [0.29, 0.717) is 0 Å². The van der Waals surface area contributed by atoms with Crippen molar-refractivity contribution in [1.29, 1.82) is 0 Å². The third-order valence-electron chi connectivity index (χ3n) is 3.12. The summed E-state index contributed by atoms with van der Waals surface area (Å²) in [5, 5.41) is 3.14. The van der Waals surface area contributed by atoms with E-state index in [9.17, 15) is 0 Å². The summed E-state index contributed by atoms with van der Waals surface area (Å²) in [5.41, 5.74) is 4.21. The summed E-state index contributed by atoms with van der Waals surface area (Å²) in [6.07, 6.45) is 0. The van der Waals surface area contributed by atoms with Crippen LogP contribution in [0.1, 0.15) is 17.0 Å². The third-order valence-corrected chi connectivity index (χ3v) is 3.12. The maximum Gasteiger partial charge on any atom is 0.159 e. The molecule has 100 valence electrons. The lowest BCUT2D eigenvalue weighted by atomic mass is 10.1. The van der Waals surface area contributed by atoms with Gasteiger partial charge in [0, 0.05) is 29.1 Å². The van der Waals surface area contributed by atoms with Crippen LogP contribution in [0.3, 0.4) is 0 Å². The Hall–Kier alpha value is -1.94. The number of hydrogen-bond donors (Lipinski definition) is 1. The number of hydrogen-bond acceptors (Lipinski definition) is 4. The fourth-order valence-electron chi connectivity index (χ4n) is 2.04. The van der Waals surface area contributed by atoms with Crippen LogP contribution in [-0.4, -0.2) is 24.1 Å². The molecule has 1 N–H and O–H groups in total. The molecule has 0 bridgehead atoms. The van der Waals surface area contributed by atoms with Crippen molar-refractivity contribution in [3.05, 3.63) is 41.2 Å². The molecule has 0 atom stereocenters. The van der Waals surface area contributed by atoms with Crippen LogP contribution in [0.4, 0.5) is 0 Å². The summed E-state index contributed by atoms with van der Waals surface area (Å²) in [5.74, 6) is 1.60. The van der Waals surface area contributed by atoms with Crippen molar-refractivity contribution in [2.24, 2.45) is 0 Å². The normalized spacial score (nSPS) is 10.5. The molecule has 1 heterocycles. The second-order valence-corrected chi connectivity index (χ2v) is 4.46. The lowest BCUT2D eigenvalue weighted by molar-refractivity contribution is 0.415. The van der Waals surface area contributed by atoms with E-state index in [1.54, 1.807) is 7.11 Å². The van der Waals surface area contributed by atoms with Gasteiger partial charge >= 0.3 is 0 Å². The first-order chi connectivity index (χ1) is 9.15. The minimum absolute atomic E-state index is 0.762. The van der Waals surface area contributed by atoms with Crippen molar-refractivity contribution in [2.75, 3.05) is 14.2 Å². The molecule has 0 unspecified atom stereocenters. The number of methoxy groups -OCH3 is 1. The number of aromatic nitrogens is 2. The average Bonchev–Trinajstić information content (AvgIpc) is 2.43. The van der Waals surface area contributed by atoms with E-state index in [4.69, 9.17) is 4.74 Å². The molecule has 0 radical (unpaired) electrons. The first-order valence-electron chi connectivity index (χ1n) is 6.29. The number of nitrogens with zero attached hydrogens (tertiary/aromatic N) is 2. The Morgan fingerprint density at radius 2 is 1.63 bits per heavy atom. The Kier molecular flexibility index (Phi) is 4.12. The van der Waals surface area contributed by atoms with Crippen molar-refractivity contribution < 1.29 is 4.74 Å². The topological polar surface area (TPSA) is 47.0 Å². The van der Waals surface area contributed by atoms with E-state index in [-0.39, 0.29) is 0 Å². The molecule has 19 heavy (non-hydrogen) atoms. The van der Waals surface area contributed by atoms with Crippen molar-refractivity contribution >= 4 is 0 Å². The summed E-state index contributed by atoms with van der Waals surface area (Å²) in [4.78, 5) is 9.17. The molecule has 2 rings (SSSR count). The second-order valence-electron chi connectivity index (χ2n) is 4.46. The number of rotatable bonds is 4. The maximum absolute atomic E-state index is 5.15. The summed E-state index contributed by atoms with van der Waals surface area (Å²) in [7, 11) is 3.59. The fourth-order valence-corrected chi connectivity index (χ4v) is 2.04. The van der Waals surface area contributed by atoms with Gasteiger partial charge in [-0.15, -0.1) is 0 Å². The Morgan fingerprint density at radius 3 is 2.11 bits per heavy atom. The number of nitrogens with one attached hydrogen (secondary N) is 1. The average molecular weight is 257 g/mol. The van der Waals surface area contributed by atoms with E-state index in [1.165, 1.54) is 5.56 Å². The Labute approximate surface area is 113 Å². The first-order valence-corrected chi connectivity index (χ1v) is 6.29. The maximum atomic E-state index is 5.15. The number of ether oxygens (including phenoxy) is 1. The van der Waals surface area contributed by atoms with Crippen molar-refractivity contribution in [1.82, 2.24) is 15.3 Å². The van der Waals surface area contributed by atoms with Crippen LogP contribution in [-0.2, 0) is 6.54 Å². The van der Waals surface area contributed by atoms with E-state index in [1.807, 2.05) is 45.2 Å². The monoisotopic (exact) mass is 257 g/mol. The van der Waals surface area contributed by atoms with Crippen LogP contribution in [0.2, 0.25) is 0 Å². The largest absolute Gasteiger partial charge is 0.497 e. The summed E-state index contributed by atoms with van der Waals surface area (Å²) >= 11 is 0. The van der Waals surface area contributed by atoms with Crippen LogP contribution in [0.5, 0.6) is 5.75 Å². The van der Waals surface area contributed by atoms with Crippen LogP contribution in [0, 0.1) is 13.8 Å². The fraction of sp³-hybridized carbons (Fsp3) is 0.333. The Bertz CT molecular complexity index is 541. The summed E-state index contributed by atoms with van der Waals surface area (Å²) in [6, 6.07) is 7.80. The molecule has 0 saturated heterocycles.